The van der Waals surface area contributed by atoms with E-state index in [9.17, 15) is 0 Å². The van der Waals surface area contributed by atoms with Crippen LogP contribution in [-0.2, 0) is 0 Å². The molecule has 0 amide bonds. The van der Waals surface area contributed by atoms with Gasteiger partial charge in [0, 0.05) is 0 Å². The number of unbranched alkanes of at least 4 members (excludes halogenated alkanes) is 5. The fourth-order valence-electron chi connectivity index (χ4n) is 1.94. The lowest BCUT2D eigenvalue weighted by Crippen LogP contribution is -1.97. The van der Waals surface area contributed by atoms with Crippen molar-refractivity contribution in [3.63, 3.8) is 0 Å². The van der Waals surface area contributed by atoms with Crippen LogP contribution in [0.4, 0.5) is 0 Å². The van der Waals surface area contributed by atoms with Crippen molar-refractivity contribution in [2.75, 3.05) is 13.2 Å². The first-order chi connectivity index (χ1) is 9.36. The molecule has 1 rings (SSSR count). The van der Waals surface area contributed by atoms with E-state index in [0.29, 0.717) is 0 Å². The van der Waals surface area contributed by atoms with E-state index in [1.54, 1.807) is 6.08 Å². The second kappa shape index (κ2) is 10.6. The molecule has 2 nitrogen and oxygen atoms in total. The summed E-state index contributed by atoms with van der Waals surface area (Å²) in [6, 6.07) is 7.97. The van der Waals surface area contributed by atoms with Crippen LogP contribution in [0.15, 0.2) is 30.3 Å². The molecule has 19 heavy (non-hydrogen) atoms. The zero-order valence-corrected chi connectivity index (χ0v) is 12.0. The molecule has 0 atom stereocenters. The first kappa shape index (κ1) is 15.8. The van der Waals surface area contributed by atoms with E-state index in [4.69, 9.17) is 9.84 Å². The van der Waals surface area contributed by atoms with E-state index >= 15 is 0 Å². The predicted octanol–water partition coefficient (Wildman–Crippen LogP) is 4.43. The number of aliphatic hydroxyl groups is 1. The maximum atomic E-state index is 8.69. The summed E-state index contributed by atoms with van der Waals surface area (Å²) in [5.41, 5.74) is 1.08. The van der Waals surface area contributed by atoms with E-state index in [2.05, 4.69) is 6.92 Å². The number of rotatable bonds is 10. The Balaban J connectivity index is 2.14. The number of benzene rings is 1. The summed E-state index contributed by atoms with van der Waals surface area (Å²) in [4.78, 5) is 0. The molecule has 0 saturated heterocycles. The molecule has 1 aromatic carbocycles. The molecule has 1 aromatic rings. The highest BCUT2D eigenvalue weighted by Crippen LogP contribution is 2.14. The van der Waals surface area contributed by atoms with Crippen LogP contribution in [0.5, 0.6) is 5.75 Å². The quantitative estimate of drug-likeness (QED) is 0.632. The van der Waals surface area contributed by atoms with Gasteiger partial charge in [0.1, 0.15) is 5.75 Å². The van der Waals surface area contributed by atoms with E-state index in [0.717, 1.165) is 24.3 Å². The van der Waals surface area contributed by atoms with Crippen molar-refractivity contribution in [2.45, 2.75) is 45.4 Å². The Bertz CT molecular complexity index is 341. The molecule has 2 heteroatoms. The summed E-state index contributed by atoms with van der Waals surface area (Å²) in [6.45, 7) is 3.12. The van der Waals surface area contributed by atoms with Crippen molar-refractivity contribution in [3.8, 4) is 5.75 Å². The maximum Gasteiger partial charge on any atom is 0.119 e. The third kappa shape index (κ3) is 7.68. The van der Waals surface area contributed by atoms with Crippen LogP contribution in [-0.4, -0.2) is 18.3 Å². The van der Waals surface area contributed by atoms with Gasteiger partial charge in [-0.15, -0.1) is 0 Å². The van der Waals surface area contributed by atoms with Crippen molar-refractivity contribution < 1.29 is 9.84 Å². The monoisotopic (exact) mass is 262 g/mol. The second-order valence-corrected chi connectivity index (χ2v) is 4.77. The van der Waals surface area contributed by atoms with Crippen LogP contribution in [0.3, 0.4) is 0 Å². The fraction of sp³-hybridized carbons (Fsp3) is 0.529. The molecule has 0 fully saturated rings. The van der Waals surface area contributed by atoms with Crippen LogP contribution >= 0.6 is 0 Å². The molecule has 0 spiro atoms. The highest BCUT2D eigenvalue weighted by molar-refractivity contribution is 5.50. The maximum absolute atomic E-state index is 8.69. The van der Waals surface area contributed by atoms with Gasteiger partial charge in [0.25, 0.3) is 0 Å². The third-order valence-electron chi connectivity index (χ3n) is 3.06. The van der Waals surface area contributed by atoms with E-state index < -0.39 is 0 Å². The molecule has 0 bridgehead atoms. The van der Waals surface area contributed by atoms with Crippen molar-refractivity contribution in [1.82, 2.24) is 0 Å². The van der Waals surface area contributed by atoms with Gasteiger partial charge in [0.05, 0.1) is 13.2 Å². The van der Waals surface area contributed by atoms with Crippen molar-refractivity contribution in [3.05, 3.63) is 35.9 Å². The van der Waals surface area contributed by atoms with Gasteiger partial charge in [-0.05, 0) is 24.1 Å². The predicted molar refractivity (Wildman–Crippen MR) is 81.4 cm³/mol. The second-order valence-electron chi connectivity index (χ2n) is 4.77. The minimum Gasteiger partial charge on any atom is -0.494 e. The molecule has 0 radical (unpaired) electrons. The topological polar surface area (TPSA) is 29.5 Å². The highest BCUT2D eigenvalue weighted by Gasteiger charge is 1.94. The summed E-state index contributed by atoms with van der Waals surface area (Å²) in [5.74, 6) is 0.926. The molecule has 0 aliphatic carbocycles. The third-order valence-corrected chi connectivity index (χ3v) is 3.06. The molecule has 106 valence electrons. The summed E-state index contributed by atoms with van der Waals surface area (Å²) in [5, 5.41) is 8.69. The molecule has 0 aliphatic rings. The molecule has 0 aromatic heterocycles. The number of hydrogen-bond donors (Lipinski definition) is 1. The molecule has 0 aliphatic heterocycles. The van der Waals surface area contributed by atoms with Crippen LogP contribution in [0, 0.1) is 0 Å². The van der Waals surface area contributed by atoms with Gasteiger partial charge in [0.2, 0.25) is 0 Å². The Labute approximate surface area is 117 Å². The minimum absolute atomic E-state index is 0.0796. The molecule has 0 unspecified atom stereocenters. The summed E-state index contributed by atoms with van der Waals surface area (Å²) in [7, 11) is 0. The summed E-state index contributed by atoms with van der Waals surface area (Å²) < 4.78 is 5.70. The van der Waals surface area contributed by atoms with Crippen LogP contribution in [0.25, 0.3) is 6.08 Å². The molecule has 0 heterocycles. The van der Waals surface area contributed by atoms with Crippen LogP contribution < -0.4 is 4.74 Å². The fourth-order valence-corrected chi connectivity index (χ4v) is 1.94. The largest absolute Gasteiger partial charge is 0.494 e. The summed E-state index contributed by atoms with van der Waals surface area (Å²) >= 11 is 0. The molecule has 1 N–H and O–H groups in total. The zero-order valence-electron chi connectivity index (χ0n) is 12.0. The first-order valence-electron chi connectivity index (χ1n) is 7.37. The zero-order chi connectivity index (χ0) is 13.8. The Morgan fingerprint density at radius 2 is 1.68 bits per heavy atom. The van der Waals surface area contributed by atoms with E-state index in [1.807, 2.05) is 30.3 Å². The van der Waals surface area contributed by atoms with E-state index in [-0.39, 0.29) is 6.61 Å². The van der Waals surface area contributed by atoms with Crippen LogP contribution in [0.2, 0.25) is 0 Å². The van der Waals surface area contributed by atoms with Crippen molar-refractivity contribution in [2.24, 2.45) is 0 Å². The number of ether oxygens (including phenoxy) is 1. The Kier molecular flexibility index (Phi) is 8.82. The first-order valence-corrected chi connectivity index (χ1v) is 7.37. The molecular formula is C17H26O2. The summed E-state index contributed by atoms with van der Waals surface area (Å²) in [6.07, 6.45) is 11.3. The van der Waals surface area contributed by atoms with E-state index in [1.165, 1.54) is 32.1 Å². The van der Waals surface area contributed by atoms with Gasteiger partial charge in [-0.25, -0.2) is 0 Å². The van der Waals surface area contributed by atoms with Gasteiger partial charge in [-0.2, -0.15) is 0 Å². The average molecular weight is 262 g/mol. The Hall–Kier alpha value is -1.28. The standard InChI is InChI=1S/C17H26O2/c1-2-3-4-5-6-7-15-19-17-12-10-16(11-13-17)9-8-14-18/h8-13,18H,2-7,14-15H2,1H3/b9-8+. The normalized spacial score (nSPS) is 11.1. The van der Waals surface area contributed by atoms with Crippen molar-refractivity contribution >= 4 is 6.08 Å². The lowest BCUT2D eigenvalue weighted by atomic mass is 10.1. The SMILES string of the molecule is CCCCCCCCOc1ccc(/C=C/CO)cc1. The smallest absolute Gasteiger partial charge is 0.119 e. The van der Waals surface area contributed by atoms with Crippen molar-refractivity contribution in [1.29, 1.82) is 0 Å². The minimum atomic E-state index is 0.0796. The molecule has 0 saturated carbocycles. The molecular weight excluding hydrogens is 236 g/mol. The van der Waals surface area contributed by atoms with Gasteiger partial charge in [0.15, 0.2) is 0 Å². The van der Waals surface area contributed by atoms with Gasteiger partial charge < -0.3 is 9.84 Å². The van der Waals surface area contributed by atoms with Crippen LogP contribution in [0.1, 0.15) is 51.0 Å². The average Bonchev–Trinajstić information content (AvgIpc) is 2.45. The lowest BCUT2D eigenvalue weighted by Gasteiger charge is -2.06. The number of aliphatic hydroxyl groups excluding tert-OH is 1. The lowest BCUT2D eigenvalue weighted by molar-refractivity contribution is 0.304. The van der Waals surface area contributed by atoms with Gasteiger partial charge in [-0.3, -0.25) is 0 Å². The van der Waals surface area contributed by atoms with Gasteiger partial charge in [-0.1, -0.05) is 63.3 Å². The Morgan fingerprint density at radius 1 is 1.00 bits per heavy atom. The van der Waals surface area contributed by atoms with Gasteiger partial charge >= 0.3 is 0 Å². The number of hydrogen-bond acceptors (Lipinski definition) is 2. The highest BCUT2D eigenvalue weighted by atomic mass is 16.5. The Morgan fingerprint density at radius 3 is 2.37 bits per heavy atom.